The monoisotopic (exact) mass is 304 g/mol. The summed E-state index contributed by atoms with van der Waals surface area (Å²) in [7, 11) is 1.96. The van der Waals surface area contributed by atoms with Crippen LogP contribution in [0.5, 0.6) is 0 Å². The maximum absolute atomic E-state index is 12.6. The van der Waals surface area contributed by atoms with E-state index in [1.54, 1.807) is 0 Å². The van der Waals surface area contributed by atoms with Crippen molar-refractivity contribution >= 4 is 16.8 Å². The van der Waals surface area contributed by atoms with Crippen molar-refractivity contribution in [2.24, 2.45) is 7.05 Å². The molecule has 3 nitrogen and oxygen atoms in total. The Hall–Kier alpha value is -2.55. The molecule has 3 heteroatoms. The van der Waals surface area contributed by atoms with Gasteiger partial charge in [0.15, 0.2) is 0 Å². The van der Waals surface area contributed by atoms with Crippen LogP contribution >= 0.6 is 0 Å². The fourth-order valence-electron chi connectivity index (χ4n) is 3.50. The Kier molecular flexibility index (Phi) is 3.22. The molecule has 1 aromatic heterocycles. The summed E-state index contributed by atoms with van der Waals surface area (Å²) in [5.74, 6) is 0.475. The fraction of sp³-hybridized carbons (Fsp3) is 0.250. The molecule has 0 bridgehead atoms. The van der Waals surface area contributed by atoms with Crippen LogP contribution in [0.25, 0.3) is 10.9 Å². The molecule has 1 fully saturated rings. The number of benzene rings is 2. The highest BCUT2D eigenvalue weighted by Gasteiger charge is 2.39. The Balaban J connectivity index is 1.55. The van der Waals surface area contributed by atoms with Crippen molar-refractivity contribution in [1.82, 2.24) is 9.88 Å². The van der Waals surface area contributed by atoms with E-state index in [1.807, 2.05) is 29.8 Å². The van der Waals surface area contributed by atoms with E-state index in [0.717, 1.165) is 23.0 Å². The SMILES string of the molecule is Cc1cccc2cc(C(=O)N[C@@H]3C[C@H]3c3ccccc3)n(C)c12. The highest BCUT2D eigenvalue weighted by atomic mass is 16.2. The first-order valence-corrected chi connectivity index (χ1v) is 8.06. The first kappa shape index (κ1) is 14.1. The Morgan fingerprint density at radius 1 is 1.13 bits per heavy atom. The van der Waals surface area contributed by atoms with Gasteiger partial charge < -0.3 is 9.88 Å². The predicted molar refractivity (Wildman–Crippen MR) is 92.7 cm³/mol. The molecule has 2 aromatic carbocycles. The van der Waals surface area contributed by atoms with Crippen molar-refractivity contribution in [2.45, 2.75) is 25.3 Å². The second-order valence-electron chi connectivity index (χ2n) is 6.43. The van der Waals surface area contributed by atoms with Crippen molar-refractivity contribution < 1.29 is 4.79 Å². The van der Waals surface area contributed by atoms with Gasteiger partial charge in [0.2, 0.25) is 0 Å². The van der Waals surface area contributed by atoms with Crippen LogP contribution in [0, 0.1) is 6.92 Å². The standard InChI is InChI=1S/C20H20N2O/c1-13-7-6-10-15-11-18(22(2)19(13)15)20(23)21-17-12-16(17)14-8-4-3-5-9-14/h3-11,16-17H,12H2,1-2H3,(H,21,23)/t16-,17+/m0/s1. The third-order valence-electron chi connectivity index (χ3n) is 4.83. The molecule has 1 aliphatic carbocycles. The number of hydrogen-bond donors (Lipinski definition) is 1. The first-order valence-electron chi connectivity index (χ1n) is 8.06. The van der Waals surface area contributed by atoms with Gasteiger partial charge in [0.1, 0.15) is 5.69 Å². The number of carbonyl (C=O) groups is 1. The minimum Gasteiger partial charge on any atom is -0.347 e. The number of hydrogen-bond acceptors (Lipinski definition) is 1. The molecule has 4 rings (SSSR count). The summed E-state index contributed by atoms with van der Waals surface area (Å²) in [6.45, 7) is 2.08. The van der Waals surface area contributed by atoms with E-state index in [4.69, 9.17) is 0 Å². The minimum absolute atomic E-state index is 0.0199. The van der Waals surface area contributed by atoms with Gasteiger partial charge in [-0.3, -0.25) is 4.79 Å². The molecule has 23 heavy (non-hydrogen) atoms. The van der Waals surface area contributed by atoms with Gasteiger partial charge in [0.05, 0.1) is 5.52 Å². The van der Waals surface area contributed by atoms with Crippen LogP contribution in [0.15, 0.2) is 54.6 Å². The molecule has 1 N–H and O–H groups in total. The quantitative estimate of drug-likeness (QED) is 0.785. The molecule has 0 radical (unpaired) electrons. The lowest BCUT2D eigenvalue weighted by Gasteiger charge is -2.07. The number of nitrogens with zero attached hydrogens (tertiary/aromatic N) is 1. The zero-order valence-electron chi connectivity index (χ0n) is 13.4. The van der Waals surface area contributed by atoms with E-state index in [0.29, 0.717) is 5.92 Å². The lowest BCUT2D eigenvalue weighted by atomic mass is 10.1. The van der Waals surface area contributed by atoms with Crippen molar-refractivity contribution in [3.63, 3.8) is 0 Å². The van der Waals surface area contributed by atoms with Crippen LogP contribution in [0.4, 0.5) is 0 Å². The van der Waals surface area contributed by atoms with Gasteiger partial charge in [-0.15, -0.1) is 0 Å². The third-order valence-corrected chi connectivity index (χ3v) is 4.83. The lowest BCUT2D eigenvalue weighted by molar-refractivity contribution is 0.0942. The number of carbonyl (C=O) groups excluding carboxylic acids is 1. The van der Waals surface area contributed by atoms with Crippen LogP contribution in [-0.4, -0.2) is 16.5 Å². The van der Waals surface area contributed by atoms with Gasteiger partial charge in [-0.05, 0) is 30.5 Å². The number of para-hydroxylation sites is 1. The average Bonchev–Trinajstić information content (AvgIpc) is 3.23. The van der Waals surface area contributed by atoms with Gasteiger partial charge in [-0.25, -0.2) is 0 Å². The predicted octanol–water partition coefficient (Wildman–Crippen LogP) is 3.77. The second kappa shape index (κ2) is 5.27. The number of aromatic nitrogens is 1. The van der Waals surface area contributed by atoms with Gasteiger partial charge >= 0.3 is 0 Å². The molecule has 116 valence electrons. The average molecular weight is 304 g/mol. The van der Waals surface area contributed by atoms with Crippen LogP contribution in [0.2, 0.25) is 0 Å². The van der Waals surface area contributed by atoms with Crippen molar-refractivity contribution in [2.75, 3.05) is 0 Å². The second-order valence-corrected chi connectivity index (χ2v) is 6.43. The molecule has 2 atom stereocenters. The molecular weight excluding hydrogens is 284 g/mol. The summed E-state index contributed by atoms with van der Waals surface area (Å²) in [6.07, 6.45) is 1.03. The Morgan fingerprint density at radius 3 is 2.65 bits per heavy atom. The normalized spacial score (nSPS) is 19.7. The van der Waals surface area contributed by atoms with E-state index in [2.05, 4.69) is 48.6 Å². The Morgan fingerprint density at radius 2 is 1.91 bits per heavy atom. The summed E-state index contributed by atoms with van der Waals surface area (Å²) in [6, 6.07) is 18.8. The Bertz CT molecular complexity index is 879. The number of aryl methyl sites for hydroxylation is 2. The first-order chi connectivity index (χ1) is 11.1. The fourth-order valence-corrected chi connectivity index (χ4v) is 3.50. The van der Waals surface area contributed by atoms with Crippen molar-refractivity contribution in [1.29, 1.82) is 0 Å². The number of nitrogens with one attached hydrogen (secondary N) is 1. The summed E-state index contributed by atoms with van der Waals surface area (Å²) < 4.78 is 2.00. The maximum Gasteiger partial charge on any atom is 0.268 e. The molecule has 0 aliphatic heterocycles. The largest absolute Gasteiger partial charge is 0.347 e. The molecular formula is C20H20N2O. The zero-order valence-corrected chi connectivity index (χ0v) is 13.4. The summed E-state index contributed by atoms with van der Waals surface area (Å²) in [4.78, 5) is 12.6. The molecule has 0 unspecified atom stereocenters. The molecule has 0 spiro atoms. The summed E-state index contributed by atoms with van der Waals surface area (Å²) in [5.41, 5.74) is 4.37. The number of rotatable bonds is 3. The van der Waals surface area contributed by atoms with Crippen LogP contribution in [0.3, 0.4) is 0 Å². The lowest BCUT2D eigenvalue weighted by Crippen LogP contribution is -2.28. The van der Waals surface area contributed by atoms with E-state index in [9.17, 15) is 4.79 Å². The van der Waals surface area contributed by atoms with Gasteiger partial charge in [-0.2, -0.15) is 0 Å². The molecule has 0 saturated heterocycles. The summed E-state index contributed by atoms with van der Waals surface area (Å²) in [5, 5.41) is 4.30. The van der Waals surface area contributed by atoms with E-state index in [-0.39, 0.29) is 11.9 Å². The third kappa shape index (κ3) is 2.42. The van der Waals surface area contributed by atoms with E-state index in [1.165, 1.54) is 11.1 Å². The maximum atomic E-state index is 12.6. The van der Waals surface area contributed by atoms with Gasteiger partial charge in [0, 0.05) is 24.4 Å². The topological polar surface area (TPSA) is 34.0 Å². The Labute approximate surface area is 135 Å². The smallest absolute Gasteiger partial charge is 0.268 e. The van der Waals surface area contributed by atoms with Gasteiger partial charge in [0.25, 0.3) is 5.91 Å². The molecule has 1 saturated carbocycles. The highest BCUT2D eigenvalue weighted by Crippen LogP contribution is 2.40. The summed E-state index contributed by atoms with van der Waals surface area (Å²) >= 11 is 0. The number of fused-ring (bicyclic) bond motifs is 1. The molecule has 1 aliphatic rings. The van der Waals surface area contributed by atoms with Gasteiger partial charge in [-0.1, -0.05) is 48.5 Å². The van der Waals surface area contributed by atoms with E-state index >= 15 is 0 Å². The van der Waals surface area contributed by atoms with Crippen molar-refractivity contribution in [3.8, 4) is 0 Å². The van der Waals surface area contributed by atoms with Crippen LogP contribution in [-0.2, 0) is 7.05 Å². The highest BCUT2D eigenvalue weighted by molar-refractivity contribution is 5.99. The van der Waals surface area contributed by atoms with Crippen LogP contribution in [0.1, 0.15) is 34.0 Å². The van der Waals surface area contributed by atoms with E-state index < -0.39 is 0 Å². The van der Waals surface area contributed by atoms with Crippen molar-refractivity contribution in [3.05, 3.63) is 71.4 Å². The minimum atomic E-state index is 0.0199. The number of amides is 1. The van der Waals surface area contributed by atoms with Crippen LogP contribution < -0.4 is 5.32 Å². The zero-order chi connectivity index (χ0) is 16.0. The molecule has 1 heterocycles. The molecule has 1 amide bonds. The molecule has 3 aromatic rings.